The summed E-state index contributed by atoms with van der Waals surface area (Å²) in [5, 5.41) is 2.91. The summed E-state index contributed by atoms with van der Waals surface area (Å²) in [6.07, 6.45) is 3.07. The smallest absolute Gasteiger partial charge is 0.271 e. The first-order valence-electron chi connectivity index (χ1n) is 7.38. The molecule has 0 saturated heterocycles. The monoisotopic (exact) mass is 314 g/mol. The third-order valence-electron chi connectivity index (χ3n) is 3.59. The summed E-state index contributed by atoms with van der Waals surface area (Å²) in [5.41, 5.74) is 2.21. The number of nitrogens with one attached hydrogen (secondary N) is 1. The Balaban J connectivity index is 2.04. The van der Waals surface area contributed by atoms with Gasteiger partial charge in [-0.25, -0.2) is 4.98 Å². The Morgan fingerprint density at radius 1 is 1.22 bits per heavy atom. The lowest BCUT2D eigenvalue weighted by atomic mass is 10.1. The van der Waals surface area contributed by atoms with E-state index in [2.05, 4.69) is 20.2 Å². The minimum Gasteiger partial charge on any atom is -0.497 e. The van der Waals surface area contributed by atoms with Crippen LogP contribution in [-0.4, -0.2) is 48.5 Å². The molecular formula is C17H22N4O2. The van der Waals surface area contributed by atoms with Gasteiger partial charge in [0, 0.05) is 12.7 Å². The lowest BCUT2D eigenvalue weighted by Crippen LogP contribution is -2.35. The fraction of sp³-hybridized carbons (Fsp3) is 0.353. The molecule has 1 aromatic carbocycles. The van der Waals surface area contributed by atoms with Crippen LogP contribution < -0.4 is 10.1 Å². The molecule has 1 unspecified atom stereocenters. The second-order valence-corrected chi connectivity index (χ2v) is 5.51. The Labute approximate surface area is 136 Å². The molecule has 0 spiro atoms. The highest BCUT2D eigenvalue weighted by molar-refractivity contribution is 5.91. The Bertz CT molecular complexity index is 639. The van der Waals surface area contributed by atoms with Crippen LogP contribution in [0.15, 0.2) is 36.7 Å². The van der Waals surface area contributed by atoms with Gasteiger partial charge in [0.2, 0.25) is 0 Å². The normalized spacial score (nSPS) is 12.0. The standard InChI is InChI=1S/C17H22N4O2/c1-12-9-19-15(10-18-12)17(22)20-11-16(21(2)3)13-5-7-14(23-4)8-6-13/h5-10,16H,11H2,1-4H3,(H,20,22). The number of aromatic nitrogens is 2. The number of benzene rings is 1. The van der Waals surface area contributed by atoms with Crippen molar-refractivity contribution in [2.24, 2.45) is 0 Å². The topological polar surface area (TPSA) is 67.3 Å². The number of nitrogens with zero attached hydrogens (tertiary/aromatic N) is 3. The average Bonchev–Trinajstić information content (AvgIpc) is 2.55. The van der Waals surface area contributed by atoms with Gasteiger partial charge in [-0.3, -0.25) is 9.78 Å². The second kappa shape index (κ2) is 7.69. The molecule has 6 nitrogen and oxygen atoms in total. The number of hydrogen-bond donors (Lipinski definition) is 1. The highest BCUT2D eigenvalue weighted by Crippen LogP contribution is 2.20. The number of ether oxygens (including phenoxy) is 1. The van der Waals surface area contributed by atoms with Gasteiger partial charge in [0.15, 0.2) is 0 Å². The summed E-state index contributed by atoms with van der Waals surface area (Å²) in [7, 11) is 5.60. The van der Waals surface area contributed by atoms with E-state index in [0.29, 0.717) is 12.2 Å². The van der Waals surface area contributed by atoms with Crippen molar-refractivity contribution in [2.75, 3.05) is 27.7 Å². The summed E-state index contributed by atoms with van der Waals surface area (Å²) in [6, 6.07) is 7.89. The van der Waals surface area contributed by atoms with Crippen LogP contribution in [0.25, 0.3) is 0 Å². The van der Waals surface area contributed by atoms with E-state index in [9.17, 15) is 4.79 Å². The molecule has 0 saturated carbocycles. The van der Waals surface area contributed by atoms with Crippen molar-refractivity contribution in [3.05, 3.63) is 53.6 Å². The summed E-state index contributed by atoms with van der Waals surface area (Å²) in [4.78, 5) is 22.4. The Morgan fingerprint density at radius 2 is 1.91 bits per heavy atom. The molecule has 2 aromatic rings. The van der Waals surface area contributed by atoms with Gasteiger partial charge in [-0.1, -0.05) is 12.1 Å². The van der Waals surface area contributed by atoms with Crippen molar-refractivity contribution in [3.8, 4) is 5.75 Å². The molecule has 0 aliphatic carbocycles. The van der Waals surface area contributed by atoms with Gasteiger partial charge in [0.25, 0.3) is 5.91 Å². The summed E-state index contributed by atoms with van der Waals surface area (Å²) in [5.74, 6) is 0.586. The zero-order valence-corrected chi connectivity index (χ0v) is 13.9. The molecule has 1 atom stereocenters. The van der Waals surface area contributed by atoms with Gasteiger partial charge in [-0.2, -0.15) is 0 Å². The van der Waals surface area contributed by atoms with E-state index in [-0.39, 0.29) is 11.9 Å². The number of likely N-dealkylation sites (N-methyl/N-ethyl adjacent to an activating group) is 1. The summed E-state index contributed by atoms with van der Waals surface area (Å²) >= 11 is 0. The fourth-order valence-corrected chi connectivity index (χ4v) is 2.21. The van der Waals surface area contributed by atoms with Gasteiger partial charge in [-0.15, -0.1) is 0 Å². The van der Waals surface area contributed by atoms with Crippen LogP contribution in [0, 0.1) is 6.92 Å². The summed E-state index contributed by atoms with van der Waals surface area (Å²) < 4.78 is 5.18. The number of carbonyl (C=O) groups excluding carboxylic acids is 1. The molecule has 0 radical (unpaired) electrons. The summed E-state index contributed by atoms with van der Waals surface area (Å²) in [6.45, 7) is 2.31. The zero-order valence-electron chi connectivity index (χ0n) is 13.9. The lowest BCUT2D eigenvalue weighted by Gasteiger charge is -2.25. The third kappa shape index (κ3) is 4.50. The third-order valence-corrected chi connectivity index (χ3v) is 3.59. The number of aryl methyl sites for hydroxylation is 1. The highest BCUT2D eigenvalue weighted by atomic mass is 16.5. The second-order valence-electron chi connectivity index (χ2n) is 5.51. The van der Waals surface area contributed by atoms with Crippen LogP contribution in [0.2, 0.25) is 0 Å². The molecule has 2 rings (SSSR count). The zero-order chi connectivity index (χ0) is 16.8. The molecule has 1 amide bonds. The van der Waals surface area contributed by atoms with Crippen LogP contribution in [0.3, 0.4) is 0 Å². The van der Waals surface area contributed by atoms with Crippen LogP contribution in [0.1, 0.15) is 27.8 Å². The molecule has 6 heteroatoms. The SMILES string of the molecule is COc1ccc(C(CNC(=O)c2cnc(C)cn2)N(C)C)cc1. The minimum absolute atomic E-state index is 0.0586. The first-order valence-corrected chi connectivity index (χ1v) is 7.38. The van der Waals surface area contributed by atoms with Gasteiger partial charge < -0.3 is 15.0 Å². The van der Waals surface area contributed by atoms with E-state index in [0.717, 1.165) is 17.0 Å². The van der Waals surface area contributed by atoms with Gasteiger partial charge in [-0.05, 0) is 38.7 Å². The maximum Gasteiger partial charge on any atom is 0.271 e. The Kier molecular flexibility index (Phi) is 5.65. The number of hydrogen-bond acceptors (Lipinski definition) is 5. The quantitative estimate of drug-likeness (QED) is 0.881. The largest absolute Gasteiger partial charge is 0.497 e. The Hall–Kier alpha value is -2.47. The fourth-order valence-electron chi connectivity index (χ4n) is 2.21. The van der Waals surface area contributed by atoms with E-state index >= 15 is 0 Å². The average molecular weight is 314 g/mol. The molecule has 122 valence electrons. The van der Waals surface area contributed by atoms with E-state index in [1.54, 1.807) is 13.3 Å². The minimum atomic E-state index is -0.224. The molecule has 1 heterocycles. The number of methoxy groups -OCH3 is 1. The number of rotatable bonds is 6. The van der Waals surface area contributed by atoms with Gasteiger partial charge >= 0.3 is 0 Å². The predicted octanol–water partition coefficient (Wildman–Crippen LogP) is 1.83. The van der Waals surface area contributed by atoms with E-state index in [1.807, 2.05) is 45.3 Å². The Morgan fingerprint density at radius 3 is 2.43 bits per heavy atom. The molecule has 0 fully saturated rings. The van der Waals surface area contributed by atoms with Crippen LogP contribution in [0.4, 0.5) is 0 Å². The van der Waals surface area contributed by atoms with E-state index in [1.165, 1.54) is 6.20 Å². The molecule has 0 bridgehead atoms. The maximum atomic E-state index is 12.2. The first kappa shape index (κ1) is 16.9. The van der Waals surface area contributed by atoms with Gasteiger partial charge in [0.05, 0.1) is 25.0 Å². The molecule has 0 aliphatic rings. The lowest BCUT2D eigenvalue weighted by molar-refractivity contribution is 0.0936. The molecule has 1 aromatic heterocycles. The number of carbonyl (C=O) groups is 1. The maximum absolute atomic E-state index is 12.2. The van der Waals surface area contributed by atoms with Crippen molar-refractivity contribution >= 4 is 5.91 Å². The van der Waals surface area contributed by atoms with Crippen molar-refractivity contribution in [3.63, 3.8) is 0 Å². The molecule has 1 N–H and O–H groups in total. The van der Waals surface area contributed by atoms with Crippen molar-refractivity contribution < 1.29 is 9.53 Å². The van der Waals surface area contributed by atoms with Crippen LogP contribution in [-0.2, 0) is 0 Å². The van der Waals surface area contributed by atoms with Crippen molar-refractivity contribution in [2.45, 2.75) is 13.0 Å². The van der Waals surface area contributed by atoms with E-state index < -0.39 is 0 Å². The number of amides is 1. The van der Waals surface area contributed by atoms with Crippen LogP contribution in [0.5, 0.6) is 5.75 Å². The van der Waals surface area contributed by atoms with E-state index in [4.69, 9.17) is 4.74 Å². The molecular weight excluding hydrogens is 292 g/mol. The van der Waals surface area contributed by atoms with Crippen molar-refractivity contribution in [1.29, 1.82) is 0 Å². The van der Waals surface area contributed by atoms with Crippen molar-refractivity contribution in [1.82, 2.24) is 20.2 Å². The molecule has 23 heavy (non-hydrogen) atoms. The highest BCUT2D eigenvalue weighted by Gasteiger charge is 2.16. The molecule has 0 aliphatic heterocycles. The first-order chi connectivity index (χ1) is 11.0. The van der Waals surface area contributed by atoms with Crippen LogP contribution >= 0.6 is 0 Å². The van der Waals surface area contributed by atoms with Gasteiger partial charge in [0.1, 0.15) is 11.4 Å². The predicted molar refractivity (Wildman–Crippen MR) is 88.5 cm³/mol.